The van der Waals surface area contributed by atoms with Gasteiger partial charge in [-0.05, 0) is 17.6 Å². The van der Waals surface area contributed by atoms with Crippen LogP contribution in [-0.4, -0.2) is 23.9 Å². The number of aromatic nitrogens is 5. The van der Waals surface area contributed by atoms with E-state index in [4.69, 9.17) is 11.6 Å². The Bertz CT molecular complexity index is 767. The van der Waals surface area contributed by atoms with Crippen LogP contribution in [0.2, 0.25) is 5.02 Å². The van der Waals surface area contributed by atoms with Gasteiger partial charge in [-0.25, -0.2) is 19.3 Å². The highest BCUT2D eigenvalue weighted by atomic mass is 35.5. The summed E-state index contributed by atoms with van der Waals surface area (Å²) in [6.07, 6.45) is 0.694. The van der Waals surface area contributed by atoms with Gasteiger partial charge in [0.25, 0.3) is 0 Å². The van der Waals surface area contributed by atoms with Crippen molar-refractivity contribution in [2.24, 2.45) is 0 Å². The van der Waals surface area contributed by atoms with Crippen molar-refractivity contribution < 1.29 is 13.2 Å². The van der Waals surface area contributed by atoms with E-state index in [0.29, 0.717) is 15.7 Å². The minimum atomic E-state index is -4.52. The van der Waals surface area contributed by atoms with Crippen LogP contribution in [0.25, 0.3) is 10.7 Å². The Morgan fingerprint density at radius 2 is 1.95 bits per heavy atom. The lowest BCUT2D eigenvalue weighted by Gasteiger charge is -2.04. The van der Waals surface area contributed by atoms with Gasteiger partial charge in [0.15, 0.2) is 11.5 Å². The monoisotopic (exact) mass is 345 g/mol. The van der Waals surface area contributed by atoms with E-state index < -0.39 is 11.9 Å². The summed E-state index contributed by atoms with van der Waals surface area (Å²) < 4.78 is 43.9. The molecule has 0 N–H and O–H groups in total. The molecule has 10 heteroatoms. The van der Waals surface area contributed by atoms with Crippen LogP contribution in [0.15, 0.2) is 30.9 Å². The van der Waals surface area contributed by atoms with Crippen molar-refractivity contribution in [1.82, 2.24) is 23.9 Å². The van der Waals surface area contributed by atoms with Crippen LogP contribution in [-0.2, 0) is 12.7 Å². The van der Waals surface area contributed by atoms with Crippen molar-refractivity contribution in [2.45, 2.75) is 12.7 Å². The SMILES string of the molecule is FC(F)(F)c1cn(Cc2ncc(Cl)cn2)c(-c2ccns2)n1. The third-order valence-electron chi connectivity index (χ3n) is 2.71. The molecule has 0 saturated heterocycles. The molecule has 0 unspecified atom stereocenters. The second kappa shape index (κ2) is 5.65. The summed E-state index contributed by atoms with van der Waals surface area (Å²) in [4.78, 5) is 12.2. The molecule has 0 saturated carbocycles. The molecule has 3 rings (SSSR count). The summed E-state index contributed by atoms with van der Waals surface area (Å²) in [6.45, 7) is 0.0491. The zero-order chi connectivity index (χ0) is 15.7. The van der Waals surface area contributed by atoms with Gasteiger partial charge in [-0.1, -0.05) is 11.6 Å². The summed E-state index contributed by atoms with van der Waals surface area (Å²) in [5.74, 6) is 0.509. The molecule has 22 heavy (non-hydrogen) atoms. The fourth-order valence-electron chi connectivity index (χ4n) is 1.77. The maximum absolute atomic E-state index is 12.9. The molecule has 3 aromatic heterocycles. The standard InChI is InChI=1S/C12H7ClF3N5S/c13-7-3-17-10(18-4-7)6-21-5-9(12(14,15)16)20-11(21)8-1-2-19-22-8/h1-5H,6H2. The fourth-order valence-corrected chi connectivity index (χ4v) is 2.47. The first-order valence-corrected chi connectivity index (χ1v) is 7.10. The number of nitrogens with zero attached hydrogens (tertiary/aromatic N) is 5. The molecule has 0 aliphatic heterocycles. The van der Waals surface area contributed by atoms with Gasteiger partial charge in [0.05, 0.1) is 16.4 Å². The molecule has 0 amide bonds. The van der Waals surface area contributed by atoms with Gasteiger partial charge >= 0.3 is 6.18 Å². The van der Waals surface area contributed by atoms with Gasteiger partial charge in [0.2, 0.25) is 0 Å². The molecule has 5 nitrogen and oxygen atoms in total. The number of imidazole rings is 1. The highest BCUT2D eigenvalue weighted by Gasteiger charge is 2.35. The third-order valence-corrected chi connectivity index (χ3v) is 3.65. The maximum Gasteiger partial charge on any atom is 0.434 e. The van der Waals surface area contributed by atoms with Crippen LogP contribution in [0.3, 0.4) is 0 Å². The highest BCUT2D eigenvalue weighted by molar-refractivity contribution is 7.09. The number of hydrogen-bond donors (Lipinski definition) is 0. The van der Waals surface area contributed by atoms with E-state index in [2.05, 4.69) is 19.3 Å². The van der Waals surface area contributed by atoms with E-state index in [0.717, 1.165) is 17.7 Å². The van der Waals surface area contributed by atoms with Crippen molar-refractivity contribution in [3.8, 4) is 10.7 Å². The highest BCUT2D eigenvalue weighted by Crippen LogP contribution is 2.32. The number of hydrogen-bond acceptors (Lipinski definition) is 5. The molecule has 0 radical (unpaired) electrons. The van der Waals surface area contributed by atoms with Crippen LogP contribution in [0.1, 0.15) is 11.5 Å². The minimum Gasteiger partial charge on any atom is -0.322 e. The normalized spacial score (nSPS) is 11.8. The Kier molecular flexibility index (Phi) is 3.83. The molecule has 0 aliphatic rings. The van der Waals surface area contributed by atoms with Crippen LogP contribution in [0, 0.1) is 0 Å². The lowest BCUT2D eigenvalue weighted by atomic mass is 10.4. The van der Waals surface area contributed by atoms with Crippen molar-refractivity contribution in [3.05, 3.63) is 47.4 Å². The Hall–Kier alpha value is -2.00. The lowest BCUT2D eigenvalue weighted by molar-refractivity contribution is -0.140. The molecule has 0 aromatic carbocycles. The number of halogens is 4. The maximum atomic E-state index is 12.9. The molecule has 0 bridgehead atoms. The van der Waals surface area contributed by atoms with E-state index >= 15 is 0 Å². The molecule has 0 aliphatic carbocycles. The van der Waals surface area contributed by atoms with Gasteiger partial charge in [0.1, 0.15) is 5.82 Å². The fraction of sp³-hybridized carbons (Fsp3) is 0.167. The molecular formula is C12H7ClF3N5S. The summed E-state index contributed by atoms with van der Waals surface area (Å²) in [7, 11) is 0. The van der Waals surface area contributed by atoms with Crippen molar-refractivity contribution in [3.63, 3.8) is 0 Å². The first-order valence-electron chi connectivity index (χ1n) is 5.95. The second-order valence-electron chi connectivity index (χ2n) is 4.27. The Labute approximate surface area is 131 Å². The zero-order valence-corrected chi connectivity index (χ0v) is 12.3. The first kappa shape index (κ1) is 14.9. The minimum absolute atomic E-state index is 0.0491. The third kappa shape index (κ3) is 3.09. The van der Waals surface area contributed by atoms with Crippen molar-refractivity contribution in [1.29, 1.82) is 0 Å². The lowest BCUT2D eigenvalue weighted by Crippen LogP contribution is -2.06. The molecule has 0 atom stereocenters. The molecule has 3 aromatic rings. The topological polar surface area (TPSA) is 56.5 Å². The molecular weight excluding hydrogens is 339 g/mol. The van der Waals surface area contributed by atoms with E-state index in [1.54, 1.807) is 6.07 Å². The van der Waals surface area contributed by atoms with Crippen LogP contribution in [0.4, 0.5) is 13.2 Å². The summed E-state index contributed by atoms with van der Waals surface area (Å²) in [6, 6.07) is 1.60. The predicted molar refractivity (Wildman–Crippen MR) is 74.5 cm³/mol. The first-order chi connectivity index (χ1) is 10.4. The van der Waals surface area contributed by atoms with Gasteiger partial charge in [-0.3, -0.25) is 0 Å². The average molecular weight is 346 g/mol. The van der Waals surface area contributed by atoms with Crippen molar-refractivity contribution >= 4 is 23.1 Å². The molecule has 0 spiro atoms. The average Bonchev–Trinajstić information content (AvgIpc) is 3.09. The Morgan fingerprint density at radius 1 is 1.23 bits per heavy atom. The Morgan fingerprint density at radius 3 is 2.55 bits per heavy atom. The van der Waals surface area contributed by atoms with Crippen LogP contribution >= 0.6 is 23.1 Å². The second-order valence-corrected chi connectivity index (χ2v) is 5.54. The molecule has 114 valence electrons. The smallest absolute Gasteiger partial charge is 0.322 e. The van der Waals surface area contributed by atoms with Gasteiger partial charge < -0.3 is 4.57 Å². The summed E-state index contributed by atoms with van der Waals surface area (Å²) in [5, 5.41) is 0.355. The van der Waals surface area contributed by atoms with Crippen molar-refractivity contribution in [2.75, 3.05) is 0 Å². The number of rotatable bonds is 3. The largest absolute Gasteiger partial charge is 0.434 e. The summed E-state index contributed by atoms with van der Waals surface area (Å²) in [5.41, 5.74) is -0.968. The van der Waals surface area contributed by atoms with E-state index in [-0.39, 0.29) is 12.4 Å². The zero-order valence-electron chi connectivity index (χ0n) is 10.8. The predicted octanol–water partition coefficient (Wildman–Crippen LogP) is 3.52. The van der Waals surface area contributed by atoms with E-state index in [9.17, 15) is 13.2 Å². The van der Waals surface area contributed by atoms with E-state index in [1.165, 1.54) is 23.2 Å². The number of alkyl halides is 3. The summed E-state index contributed by atoms with van der Waals surface area (Å²) >= 11 is 6.76. The quantitative estimate of drug-likeness (QED) is 0.729. The van der Waals surface area contributed by atoms with Crippen LogP contribution in [0.5, 0.6) is 0 Å². The Balaban J connectivity index is 2.01. The van der Waals surface area contributed by atoms with Gasteiger partial charge in [-0.15, -0.1) is 0 Å². The molecule has 3 heterocycles. The molecule has 0 fully saturated rings. The van der Waals surface area contributed by atoms with Crippen LogP contribution < -0.4 is 0 Å². The van der Waals surface area contributed by atoms with Gasteiger partial charge in [-0.2, -0.15) is 13.2 Å². The van der Waals surface area contributed by atoms with E-state index in [1.807, 2.05) is 0 Å². The van der Waals surface area contributed by atoms with Gasteiger partial charge in [0, 0.05) is 24.8 Å².